The highest BCUT2D eigenvalue weighted by Crippen LogP contribution is 2.33. The van der Waals surface area contributed by atoms with Gasteiger partial charge in [0, 0.05) is 18.0 Å². The fourth-order valence-corrected chi connectivity index (χ4v) is 2.26. The molecule has 1 aromatic heterocycles. The molecule has 7 heteroatoms. The Morgan fingerprint density at radius 2 is 2.27 bits per heavy atom. The summed E-state index contributed by atoms with van der Waals surface area (Å²) in [5, 5.41) is 8.73. The van der Waals surface area contributed by atoms with Crippen molar-refractivity contribution in [3.63, 3.8) is 0 Å². The monoisotopic (exact) mass is 299 g/mol. The maximum atomic E-state index is 12.1. The topological polar surface area (TPSA) is 91.8 Å². The van der Waals surface area contributed by atoms with Gasteiger partial charge in [0.2, 0.25) is 0 Å². The number of carbonyl (C=O) groups is 2. The summed E-state index contributed by atoms with van der Waals surface area (Å²) >= 11 is 0. The largest absolute Gasteiger partial charge is 0.482 e. The van der Waals surface area contributed by atoms with Crippen LogP contribution < -0.4 is 15.1 Å². The number of anilines is 1. The maximum Gasteiger partial charge on any atom is 0.274 e. The number of carbonyl (C=O) groups excluding carboxylic acids is 2. The van der Waals surface area contributed by atoms with Crippen molar-refractivity contribution in [2.24, 2.45) is 0 Å². The standard InChI is InChI=1S/C15H13N3O4/c19-14-9-22-13-4-3-11(15(20)17-21)6-12(13)18(14)8-10-2-1-5-16-7-10/h1-7,21H,8-9H2,(H,17,20). The number of hydrogen-bond donors (Lipinski definition) is 2. The minimum Gasteiger partial charge on any atom is -0.482 e. The predicted molar refractivity (Wildman–Crippen MR) is 76.6 cm³/mol. The van der Waals surface area contributed by atoms with Gasteiger partial charge in [-0.25, -0.2) is 5.48 Å². The first kappa shape index (κ1) is 14.0. The van der Waals surface area contributed by atoms with Crippen LogP contribution in [-0.4, -0.2) is 28.6 Å². The molecule has 1 aliphatic rings. The van der Waals surface area contributed by atoms with Gasteiger partial charge in [-0.05, 0) is 29.8 Å². The number of pyridine rings is 1. The Labute approximate surface area is 126 Å². The molecule has 0 spiro atoms. The quantitative estimate of drug-likeness (QED) is 0.654. The molecule has 0 aliphatic carbocycles. The van der Waals surface area contributed by atoms with Crippen LogP contribution in [0.4, 0.5) is 5.69 Å². The lowest BCUT2D eigenvalue weighted by Gasteiger charge is -2.29. The third-order valence-corrected chi connectivity index (χ3v) is 3.33. The molecule has 1 aliphatic heterocycles. The molecule has 112 valence electrons. The third kappa shape index (κ3) is 2.61. The lowest BCUT2D eigenvalue weighted by molar-refractivity contribution is -0.121. The van der Waals surface area contributed by atoms with Crippen molar-refractivity contribution in [2.45, 2.75) is 6.54 Å². The van der Waals surface area contributed by atoms with E-state index in [1.54, 1.807) is 30.0 Å². The van der Waals surface area contributed by atoms with Crippen molar-refractivity contribution in [1.29, 1.82) is 0 Å². The number of ether oxygens (including phenoxy) is 1. The van der Waals surface area contributed by atoms with Crippen molar-refractivity contribution in [3.05, 3.63) is 53.9 Å². The molecule has 2 aromatic rings. The van der Waals surface area contributed by atoms with Gasteiger partial charge < -0.3 is 9.64 Å². The second-order valence-corrected chi connectivity index (χ2v) is 4.75. The van der Waals surface area contributed by atoms with Gasteiger partial charge >= 0.3 is 0 Å². The number of nitrogens with zero attached hydrogens (tertiary/aromatic N) is 2. The van der Waals surface area contributed by atoms with Crippen molar-refractivity contribution in [3.8, 4) is 5.75 Å². The van der Waals surface area contributed by atoms with E-state index >= 15 is 0 Å². The second-order valence-electron chi connectivity index (χ2n) is 4.75. The Morgan fingerprint density at radius 1 is 1.41 bits per heavy atom. The molecule has 2 N–H and O–H groups in total. The van der Waals surface area contributed by atoms with E-state index in [1.165, 1.54) is 17.0 Å². The predicted octanol–water partition coefficient (Wildman–Crippen LogP) is 1.13. The van der Waals surface area contributed by atoms with E-state index in [0.29, 0.717) is 18.0 Å². The van der Waals surface area contributed by atoms with Gasteiger partial charge in [0.15, 0.2) is 6.61 Å². The van der Waals surface area contributed by atoms with Crippen LogP contribution in [0.3, 0.4) is 0 Å². The molecule has 2 heterocycles. The Hall–Kier alpha value is -2.93. The molecule has 0 fully saturated rings. The molecule has 0 unspecified atom stereocenters. The highest BCUT2D eigenvalue weighted by atomic mass is 16.5. The fourth-order valence-electron chi connectivity index (χ4n) is 2.26. The zero-order chi connectivity index (χ0) is 15.5. The number of amides is 2. The second kappa shape index (κ2) is 5.82. The molecule has 0 atom stereocenters. The summed E-state index contributed by atoms with van der Waals surface area (Å²) in [6.07, 6.45) is 3.33. The molecule has 2 amide bonds. The Kier molecular flexibility index (Phi) is 3.71. The molecule has 1 aromatic carbocycles. The highest BCUT2D eigenvalue weighted by molar-refractivity contribution is 6.00. The summed E-state index contributed by atoms with van der Waals surface area (Å²) in [5.41, 5.74) is 3.15. The molecular formula is C15H13N3O4. The number of hydroxylamine groups is 1. The smallest absolute Gasteiger partial charge is 0.274 e. The molecule has 22 heavy (non-hydrogen) atoms. The van der Waals surface area contributed by atoms with E-state index in [4.69, 9.17) is 9.94 Å². The first-order chi connectivity index (χ1) is 10.7. The molecule has 7 nitrogen and oxygen atoms in total. The van der Waals surface area contributed by atoms with E-state index < -0.39 is 5.91 Å². The summed E-state index contributed by atoms with van der Waals surface area (Å²) in [6.45, 7) is 0.270. The average Bonchev–Trinajstić information content (AvgIpc) is 2.57. The summed E-state index contributed by atoms with van der Waals surface area (Å²) in [4.78, 5) is 29.2. The Bertz CT molecular complexity index is 718. The van der Waals surface area contributed by atoms with Gasteiger partial charge in [0.1, 0.15) is 5.75 Å². The van der Waals surface area contributed by atoms with Crippen LogP contribution in [0.5, 0.6) is 5.75 Å². The van der Waals surface area contributed by atoms with Crippen molar-refractivity contribution in [1.82, 2.24) is 10.5 Å². The van der Waals surface area contributed by atoms with Gasteiger partial charge in [-0.1, -0.05) is 6.07 Å². The minimum atomic E-state index is -0.651. The van der Waals surface area contributed by atoms with E-state index in [0.717, 1.165) is 5.56 Å². The number of fused-ring (bicyclic) bond motifs is 1. The molecule has 0 radical (unpaired) electrons. The molecule has 0 bridgehead atoms. The maximum absolute atomic E-state index is 12.1. The Morgan fingerprint density at radius 3 is 3.00 bits per heavy atom. The number of aromatic nitrogens is 1. The molecular weight excluding hydrogens is 286 g/mol. The number of benzene rings is 1. The first-order valence-electron chi connectivity index (χ1n) is 6.59. The van der Waals surface area contributed by atoms with Gasteiger partial charge in [-0.15, -0.1) is 0 Å². The molecule has 0 saturated carbocycles. The van der Waals surface area contributed by atoms with E-state index in [2.05, 4.69) is 4.98 Å². The van der Waals surface area contributed by atoms with Crippen LogP contribution >= 0.6 is 0 Å². The fraction of sp³-hybridized carbons (Fsp3) is 0.133. The van der Waals surface area contributed by atoms with Gasteiger partial charge in [-0.2, -0.15) is 0 Å². The molecule has 3 rings (SSSR count). The van der Waals surface area contributed by atoms with Crippen LogP contribution in [0.25, 0.3) is 0 Å². The van der Waals surface area contributed by atoms with Crippen LogP contribution in [-0.2, 0) is 11.3 Å². The first-order valence-corrected chi connectivity index (χ1v) is 6.59. The van der Waals surface area contributed by atoms with E-state index in [1.807, 2.05) is 6.07 Å². The van der Waals surface area contributed by atoms with E-state index in [9.17, 15) is 9.59 Å². The number of hydrogen-bond acceptors (Lipinski definition) is 5. The molecule has 0 saturated heterocycles. The van der Waals surface area contributed by atoms with Crippen LogP contribution in [0.15, 0.2) is 42.7 Å². The van der Waals surface area contributed by atoms with Crippen molar-refractivity contribution >= 4 is 17.5 Å². The average molecular weight is 299 g/mol. The van der Waals surface area contributed by atoms with Gasteiger partial charge in [0.05, 0.1) is 12.2 Å². The number of nitrogens with one attached hydrogen (secondary N) is 1. The van der Waals surface area contributed by atoms with Gasteiger partial charge in [-0.3, -0.25) is 19.8 Å². The summed E-state index contributed by atoms with van der Waals surface area (Å²) in [7, 11) is 0. The Balaban J connectivity index is 1.98. The van der Waals surface area contributed by atoms with Gasteiger partial charge in [0.25, 0.3) is 11.8 Å². The summed E-state index contributed by atoms with van der Waals surface area (Å²) in [6, 6.07) is 8.27. The number of rotatable bonds is 3. The zero-order valence-electron chi connectivity index (χ0n) is 11.5. The summed E-state index contributed by atoms with van der Waals surface area (Å²) < 4.78 is 5.37. The van der Waals surface area contributed by atoms with Crippen LogP contribution in [0, 0.1) is 0 Å². The lowest BCUT2D eigenvalue weighted by atomic mass is 10.1. The lowest BCUT2D eigenvalue weighted by Crippen LogP contribution is -2.38. The summed E-state index contributed by atoms with van der Waals surface area (Å²) in [5.74, 6) is -0.349. The van der Waals surface area contributed by atoms with E-state index in [-0.39, 0.29) is 18.1 Å². The zero-order valence-corrected chi connectivity index (χ0v) is 11.5. The van der Waals surface area contributed by atoms with Crippen LogP contribution in [0.1, 0.15) is 15.9 Å². The SMILES string of the molecule is O=C(NO)c1ccc2c(c1)N(Cc1cccnc1)C(=O)CO2. The third-order valence-electron chi connectivity index (χ3n) is 3.33. The van der Waals surface area contributed by atoms with Crippen molar-refractivity contribution in [2.75, 3.05) is 11.5 Å². The minimum absolute atomic E-state index is 0.0567. The highest BCUT2D eigenvalue weighted by Gasteiger charge is 2.26. The normalized spacial score (nSPS) is 13.3. The van der Waals surface area contributed by atoms with Crippen molar-refractivity contribution < 1.29 is 19.5 Å². The van der Waals surface area contributed by atoms with Crippen LogP contribution in [0.2, 0.25) is 0 Å².